The van der Waals surface area contributed by atoms with E-state index in [0.717, 1.165) is 31.9 Å². The molecule has 1 aromatic rings. The highest BCUT2D eigenvalue weighted by Crippen LogP contribution is 2.39. The molecular weight excluding hydrogens is 248 g/mol. The molecule has 1 aromatic carbocycles. The Morgan fingerprint density at radius 3 is 2.22 bits per heavy atom. The molecule has 0 spiro atoms. The first-order valence-corrected chi connectivity index (χ1v) is 8.14. The number of hydrogen-bond donors (Lipinski definition) is 0. The maximum absolute atomic E-state index is 11.1. The zero-order chi connectivity index (χ0) is 13.2. The van der Waals surface area contributed by atoms with Crippen LogP contribution < -0.4 is 0 Å². The molecule has 0 bridgehead atoms. The smallest absolute Gasteiger partial charge is 0.264 e. The highest BCUT2D eigenvalue weighted by atomic mass is 32.2. The molecule has 18 heavy (non-hydrogen) atoms. The van der Waals surface area contributed by atoms with E-state index in [1.165, 1.54) is 5.56 Å². The van der Waals surface area contributed by atoms with Crippen molar-refractivity contribution in [3.05, 3.63) is 35.9 Å². The quantitative estimate of drug-likeness (QED) is 0.792. The molecule has 3 nitrogen and oxygen atoms in total. The third-order valence-electron chi connectivity index (χ3n) is 3.82. The highest BCUT2D eigenvalue weighted by molar-refractivity contribution is 7.86. The normalized spacial score (nSPS) is 29.1. The Hall–Kier alpha value is -0.870. The zero-order valence-corrected chi connectivity index (χ0v) is 11.7. The lowest BCUT2D eigenvalue weighted by Crippen LogP contribution is -2.32. The fraction of sp³-hybridized carbons (Fsp3) is 0.571. The van der Waals surface area contributed by atoms with Gasteiger partial charge in [-0.3, -0.25) is 4.18 Å². The molecule has 1 aliphatic rings. The van der Waals surface area contributed by atoms with E-state index in [0.29, 0.717) is 0 Å². The molecule has 1 fully saturated rings. The summed E-state index contributed by atoms with van der Waals surface area (Å²) in [5.41, 5.74) is 1.49. The summed E-state index contributed by atoms with van der Waals surface area (Å²) in [6, 6.07) is 10.4. The van der Waals surface area contributed by atoms with E-state index in [-0.39, 0.29) is 11.5 Å². The molecular formula is C14H20O3S. The van der Waals surface area contributed by atoms with Crippen LogP contribution in [0.5, 0.6) is 0 Å². The molecule has 0 radical (unpaired) electrons. The van der Waals surface area contributed by atoms with Crippen molar-refractivity contribution >= 4 is 10.1 Å². The van der Waals surface area contributed by atoms with Crippen LogP contribution in [-0.4, -0.2) is 20.8 Å². The lowest BCUT2D eigenvalue weighted by atomic mass is 9.70. The molecule has 0 aliphatic heterocycles. The summed E-state index contributed by atoms with van der Waals surface area (Å²) >= 11 is 0. The highest BCUT2D eigenvalue weighted by Gasteiger charge is 2.33. The number of hydrogen-bond acceptors (Lipinski definition) is 3. The Kier molecular flexibility index (Phi) is 3.78. The summed E-state index contributed by atoms with van der Waals surface area (Å²) in [5, 5.41) is 0. The van der Waals surface area contributed by atoms with Crippen molar-refractivity contribution in [2.45, 2.75) is 44.1 Å². The lowest BCUT2D eigenvalue weighted by molar-refractivity contribution is 0.129. The number of rotatable bonds is 3. The third-order valence-corrected chi connectivity index (χ3v) is 4.44. The van der Waals surface area contributed by atoms with Crippen molar-refractivity contribution in [3.63, 3.8) is 0 Å². The Balaban J connectivity index is 2.02. The Bertz CT molecular complexity index is 485. The van der Waals surface area contributed by atoms with Crippen LogP contribution in [0, 0.1) is 0 Å². The van der Waals surface area contributed by atoms with Gasteiger partial charge >= 0.3 is 0 Å². The maximum atomic E-state index is 11.1. The van der Waals surface area contributed by atoms with Crippen molar-refractivity contribution < 1.29 is 12.6 Å². The van der Waals surface area contributed by atoms with Gasteiger partial charge in [0.05, 0.1) is 12.4 Å². The molecule has 0 atom stereocenters. The minimum Gasteiger partial charge on any atom is -0.267 e. The fourth-order valence-corrected chi connectivity index (χ4v) is 3.39. The van der Waals surface area contributed by atoms with Crippen LogP contribution in [0.1, 0.15) is 38.2 Å². The summed E-state index contributed by atoms with van der Waals surface area (Å²) in [4.78, 5) is 0. The molecule has 0 saturated heterocycles. The van der Waals surface area contributed by atoms with Crippen LogP contribution >= 0.6 is 0 Å². The first-order valence-electron chi connectivity index (χ1n) is 6.33. The van der Waals surface area contributed by atoms with E-state index in [4.69, 9.17) is 4.18 Å². The second-order valence-corrected chi connectivity index (χ2v) is 7.03. The standard InChI is InChI=1S/C14H20O3S/c1-14(12-6-4-3-5-7-12)10-8-13(9-11-14)17-18(2,15)16/h3-7,13H,8-11H2,1-2H3. The van der Waals surface area contributed by atoms with E-state index in [1.54, 1.807) is 0 Å². The summed E-state index contributed by atoms with van der Waals surface area (Å²) in [6.45, 7) is 2.25. The van der Waals surface area contributed by atoms with Crippen molar-refractivity contribution in [2.24, 2.45) is 0 Å². The van der Waals surface area contributed by atoms with Crippen molar-refractivity contribution in [1.29, 1.82) is 0 Å². The van der Waals surface area contributed by atoms with Crippen LogP contribution in [0.25, 0.3) is 0 Å². The molecule has 100 valence electrons. The van der Waals surface area contributed by atoms with Gasteiger partial charge in [0.15, 0.2) is 0 Å². The van der Waals surface area contributed by atoms with E-state index in [9.17, 15) is 8.42 Å². The lowest BCUT2D eigenvalue weighted by Gasteiger charge is -2.37. The van der Waals surface area contributed by atoms with Gasteiger partial charge in [0.25, 0.3) is 10.1 Å². The molecule has 0 heterocycles. The molecule has 0 amide bonds. The zero-order valence-electron chi connectivity index (χ0n) is 10.9. The predicted molar refractivity (Wildman–Crippen MR) is 72.0 cm³/mol. The second-order valence-electron chi connectivity index (χ2n) is 5.43. The molecule has 4 heteroatoms. The molecule has 1 saturated carbocycles. The van der Waals surface area contributed by atoms with Gasteiger partial charge < -0.3 is 0 Å². The Morgan fingerprint density at radius 1 is 1.17 bits per heavy atom. The average Bonchev–Trinajstić information content (AvgIpc) is 2.32. The van der Waals surface area contributed by atoms with Crippen LogP contribution in [0.2, 0.25) is 0 Å². The summed E-state index contributed by atoms with van der Waals surface area (Å²) in [7, 11) is -3.33. The average molecular weight is 268 g/mol. The number of benzene rings is 1. The van der Waals surface area contributed by atoms with Gasteiger partial charge in [-0.2, -0.15) is 8.42 Å². The topological polar surface area (TPSA) is 43.4 Å². The van der Waals surface area contributed by atoms with Gasteiger partial charge in [0.1, 0.15) is 0 Å². The molecule has 0 aromatic heterocycles. The second kappa shape index (κ2) is 5.02. The van der Waals surface area contributed by atoms with E-state index < -0.39 is 10.1 Å². The molecule has 0 N–H and O–H groups in total. The predicted octanol–water partition coefficient (Wildman–Crippen LogP) is 2.86. The van der Waals surface area contributed by atoms with Crippen molar-refractivity contribution in [3.8, 4) is 0 Å². The first-order chi connectivity index (χ1) is 8.39. The van der Waals surface area contributed by atoms with E-state index in [2.05, 4.69) is 31.2 Å². The first kappa shape index (κ1) is 13.6. The van der Waals surface area contributed by atoms with E-state index >= 15 is 0 Å². The minimum absolute atomic E-state index is 0.142. The van der Waals surface area contributed by atoms with Gasteiger partial charge in [0, 0.05) is 0 Å². The third kappa shape index (κ3) is 3.33. The monoisotopic (exact) mass is 268 g/mol. The largest absolute Gasteiger partial charge is 0.267 e. The van der Waals surface area contributed by atoms with Gasteiger partial charge in [-0.25, -0.2) is 0 Å². The van der Waals surface area contributed by atoms with Crippen LogP contribution in [-0.2, 0) is 19.7 Å². The van der Waals surface area contributed by atoms with Crippen LogP contribution in [0.3, 0.4) is 0 Å². The Labute approximate surface area is 109 Å². The summed E-state index contributed by atoms with van der Waals surface area (Å²) < 4.78 is 27.3. The van der Waals surface area contributed by atoms with Crippen LogP contribution in [0.15, 0.2) is 30.3 Å². The van der Waals surface area contributed by atoms with E-state index in [1.807, 2.05) is 6.07 Å². The Morgan fingerprint density at radius 2 is 1.72 bits per heavy atom. The summed E-state index contributed by atoms with van der Waals surface area (Å²) in [6.07, 6.45) is 4.53. The molecule has 1 aliphatic carbocycles. The maximum Gasteiger partial charge on any atom is 0.264 e. The van der Waals surface area contributed by atoms with Crippen molar-refractivity contribution in [1.82, 2.24) is 0 Å². The van der Waals surface area contributed by atoms with Gasteiger partial charge in [-0.05, 0) is 36.7 Å². The summed E-state index contributed by atoms with van der Waals surface area (Å²) in [5.74, 6) is 0. The van der Waals surface area contributed by atoms with Gasteiger partial charge in [-0.1, -0.05) is 37.3 Å². The minimum atomic E-state index is -3.33. The van der Waals surface area contributed by atoms with Gasteiger partial charge in [0.2, 0.25) is 0 Å². The van der Waals surface area contributed by atoms with Gasteiger partial charge in [-0.15, -0.1) is 0 Å². The van der Waals surface area contributed by atoms with Crippen molar-refractivity contribution in [2.75, 3.05) is 6.26 Å². The van der Waals surface area contributed by atoms with Crippen LogP contribution in [0.4, 0.5) is 0 Å². The molecule has 0 unspecified atom stereocenters. The fourth-order valence-electron chi connectivity index (χ4n) is 2.70. The SMILES string of the molecule is CC1(c2ccccc2)CCC(OS(C)(=O)=O)CC1. The molecule has 2 rings (SSSR count).